The first-order valence-electron chi connectivity index (χ1n) is 7.61. The number of ether oxygens (including phenoxy) is 1. The van der Waals surface area contributed by atoms with Crippen LogP contribution in [0.4, 0.5) is 0 Å². The Bertz CT molecular complexity index is 681. The first kappa shape index (κ1) is 15.0. The van der Waals surface area contributed by atoms with E-state index in [1.54, 1.807) is 11.3 Å². The van der Waals surface area contributed by atoms with Crippen molar-refractivity contribution in [1.82, 2.24) is 10.3 Å². The number of hydrogen-bond donors (Lipinski definition) is 1. The lowest BCUT2D eigenvalue weighted by molar-refractivity contribution is -0.126. The number of carbonyl (C=O) groups is 1. The van der Waals surface area contributed by atoms with Gasteiger partial charge < -0.3 is 10.1 Å². The summed E-state index contributed by atoms with van der Waals surface area (Å²) in [6.45, 7) is 5.10. The van der Waals surface area contributed by atoms with Crippen molar-refractivity contribution in [1.29, 1.82) is 0 Å². The molecule has 1 aromatic carbocycles. The van der Waals surface area contributed by atoms with E-state index in [4.69, 9.17) is 4.74 Å². The zero-order valence-corrected chi connectivity index (χ0v) is 13.7. The molecule has 1 N–H and O–H groups in total. The first-order valence-corrected chi connectivity index (χ1v) is 8.42. The third-order valence-electron chi connectivity index (χ3n) is 3.91. The largest absolute Gasteiger partial charge is 0.492 e. The number of para-hydroxylation sites is 1. The molecule has 2 heterocycles. The van der Waals surface area contributed by atoms with Crippen LogP contribution >= 0.6 is 11.3 Å². The zero-order valence-electron chi connectivity index (χ0n) is 12.9. The molecule has 22 heavy (non-hydrogen) atoms. The van der Waals surface area contributed by atoms with Gasteiger partial charge in [-0.1, -0.05) is 25.1 Å². The Hall–Kier alpha value is -1.88. The predicted octanol–water partition coefficient (Wildman–Crippen LogP) is 2.88. The number of aromatic nitrogens is 1. The minimum Gasteiger partial charge on any atom is -0.492 e. The SMILES string of the molecule is CCc1nc(C)c(CNC(=O)[C@H]2COc3ccccc3C2)s1. The number of rotatable bonds is 4. The Kier molecular flexibility index (Phi) is 4.43. The van der Waals surface area contributed by atoms with Gasteiger partial charge in [0.15, 0.2) is 0 Å². The highest BCUT2D eigenvalue weighted by Gasteiger charge is 2.25. The lowest BCUT2D eigenvalue weighted by atomic mass is 9.96. The van der Waals surface area contributed by atoms with Crippen molar-refractivity contribution in [2.24, 2.45) is 5.92 Å². The molecule has 5 heteroatoms. The van der Waals surface area contributed by atoms with Crippen LogP contribution in [0.1, 0.15) is 28.1 Å². The fraction of sp³-hybridized carbons (Fsp3) is 0.412. The number of hydrogen-bond acceptors (Lipinski definition) is 4. The monoisotopic (exact) mass is 316 g/mol. The van der Waals surface area contributed by atoms with Gasteiger partial charge in [0, 0.05) is 4.88 Å². The quantitative estimate of drug-likeness (QED) is 0.943. The minimum absolute atomic E-state index is 0.0559. The van der Waals surface area contributed by atoms with Gasteiger partial charge in [0.25, 0.3) is 0 Å². The summed E-state index contributed by atoms with van der Waals surface area (Å²) in [6.07, 6.45) is 1.68. The number of fused-ring (bicyclic) bond motifs is 1. The number of benzene rings is 1. The normalized spacial score (nSPS) is 16.7. The Morgan fingerprint density at radius 2 is 2.27 bits per heavy atom. The lowest BCUT2D eigenvalue weighted by Crippen LogP contribution is -2.37. The molecule has 0 saturated heterocycles. The molecule has 0 saturated carbocycles. The summed E-state index contributed by atoms with van der Waals surface area (Å²) in [5.74, 6) is 0.839. The Morgan fingerprint density at radius 3 is 3.05 bits per heavy atom. The number of nitrogens with zero attached hydrogens (tertiary/aromatic N) is 1. The molecule has 0 radical (unpaired) electrons. The van der Waals surface area contributed by atoms with Crippen molar-refractivity contribution in [3.05, 3.63) is 45.4 Å². The summed E-state index contributed by atoms with van der Waals surface area (Å²) in [5, 5.41) is 4.15. The number of amides is 1. The molecule has 0 aliphatic carbocycles. The van der Waals surface area contributed by atoms with Crippen molar-refractivity contribution in [3.63, 3.8) is 0 Å². The second-order valence-corrected chi connectivity index (χ2v) is 6.68. The molecule has 1 aliphatic rings. The van der Waals surface area contributed by atoms with Crippen molar-refractivity contribution in [3.8, 4) is 5.75 Å². The third kappa shape index (κ3) is 3.14. The summed E-state index contributed by atoms with van der Waals surface area (Å²) in [4.78, 5) is 18.0. The maximum Gasteiger partial charge on any atom is 0.227 e. The van der Waals surface area contributed by atoms with Gasteiger partial charge in [-0.2, -0.15) is 0 Å². The maximum absolute atomic E-state index is 12.4. The van der Waals surface area contributed by atoms with E-state index in [0.29, 0.717) is 13.2 Å². The van der Waals surface area contributed by atoms with Gasteiger partial charge in [-0.05, 0) is 31.4 Å². The summed E-state index contributed by atoms with van der Waals surface area (Å²) in [7, 11) is 0. The van der Waals surface area contributed by atoms with E-state index in [0.717, 1.165) is 39.7 Å². The predicted molar refractivity (Wildman–Crippen MR) is 87.2 cm³/mol. The topological polar surface area (TPSA) is 51.2 Å². The molecule has 1 atom stereocenters. The highest BCUT2D eigenvalue weighted by atomic mass is 32.1. The lowest BCUT2D eigenvalue weighted by Gasteiger charge is -2.24. The molecular formula is C17H20N2O2S. The molecule has 0 unspecified atom stereocenters. The van der Waals surface area contributed by atoms with Gasteiger partial charge in [-0.25, -0.2) is 4.98 Å². The van der Waals surface area contributed by atoms with Crippen LogP contribution in [-0.4, -0.2) is 17.5 Å². The third-order valence-corrected chi connectivity index (χ3v) is 5.21. The average molecular weight is 316 g/mol. The fourth-order valence-corrected chi connectivity index (χ4v) is 3.56. The number of nitrogens with one attached hydrogen (secondary N) is 1. The Balaban J connectivity index is 1.60. The van der Waals surface area contributed by atoms with Gasteiger partial charge >= 0.3 is 0 Å². The molecular weight excluding hydrogens is 296 g/mol. The summed E-state index contributed by atoms with van der Waals surface area (Å²) >= 11 is 1.68. The molecule has 116 valence electrons. The van der Waals surface area contributed by atoms with Crippen LogP contribution in [0.2, 0.25) is 0 Å². The number of carbonyl (C=O) groups excluding carboxylic acids is 1. The van der Waals surface area contributed by atoms with Gasteiger partial charge in [-0.3, -0.25) is 4.79 Å². The van der Waals surface area contributed by atoms with Crippen molar-refractivity contribution in [2.45, 2.75) is 33.2 Å². The van der Waals surface area contributed by atoms with E-state index in [9.17, 15) is 4.79 Å². The van der Waals surface area contributed by atoms with Crippen LogP contribution in [-0.2, 0) is 24.2 Å². The highest BCUT2D eigenvalue weighted by Crippen LogP contribution is 2.27. The summed E-state index contributed by atoms with van der Waals surface area (Å²) in [6, 6.07) is 7.92. The standard InChI is InChI=1S/C17H20N2O2S/c1-3-16-19-11(2)15(22-16)9-18-17(20)13-8-12-6-4-5-7-14(12)21-10-13/h4-7,13H,3,8-10H2,1-2H3,(H,18,20)/t13-/m1/s1. The van der Waals surface area contributed by atoms with Crippen LogP contribution in [0.15, 0.2) is 24.3 Å². The Morgan fingerprint density at radius 1 is 1.45 bits per heavy atom. The molecule has 3 rings (SSSR count). The van der Waals surface area contributed by atoms with E-state index in [-0.39, 0.29) is 11.8 Å². The van der Waals surface area contributed by atoms with E-state index in [2.05, 4.69) is 17.2 Å². The van der Waals surface area contributed by atoms with Crippen LogP contribution in [0, 0.1) is 12.8 Å². The van der Waals surface area contributed by atoms with Gasteiger partial charge in [0.2, 0.25) is 5.91 Å². The second-order valence-electron chi connectivity index (χ2n) is 5.51. The molecule has 0 spiro atoms. The smallest absolute Gasteiger partial charge is 0.227 e. The van der Waals surface area contributed by atoms with E-state index >= 15 is 0 Å². The fourth-order valence-electron chi connectivity index (χ4n) is 2.61. The molecule has 1 aromatic heterocycles. The van der Waals surface area contributed by atoms with Crippen molar-refractivity contribution in [2.75, 3.05) is 6.61 Å². The van der Waals surface area contributed by atoms with Gasteiger partial charge in [0.1, 0.15) is 12.4 Å². The van der Waals surface area contributed by atoms with Crippen LogP contribution in [0.5, 0.6) is 5.75 Å². The van der Waals surface area contributed by atoms with E-state index in [1.165, 1.54) is 0 Å². The van der Waals surface area contributed by atoms with E-state index in [1.807, 2.05) is 31.2 Å². The average Bonchev–Trinajstić information content (AvgIpc) is 2.92. The molecule has 0 bridgehead atoms. The van der Waals surface area contributed by atoms with Gasteiger partial charge in [-0.15, -0.1) is 11.3 Å². The zero-order chi connectivity index (χ0) is 15.5. The van der Waals surface area contributed by atoms with Gasteiger partial charge in [0.05, 0.1) is 23.2 Å². The number of aryl methyl sites for hydroxylation is 2. The maximum atomic E-state index is 12.4. The first-order chi connectivity index (χ1) is 10.7. The number of thiazole rings is 1. The van der Waals surface area contributed by atoms with Crippen molar-refractivity contribution < 1.29 is 9.53 Å². The minimum atomic E-state index is -0.117. The molecule has 1 amide bonds. The molecule has 2 aromatic rings. The summed E-state index contributed by atoms with van der Waals surface area (Å²) in [5.41, 5.74) is 2.13. The molecule has 4 nitrogen and oxygen atoms in total. The summed E-state index contributed by atoms with van der Waals surface area (Å²) < 4.78 is 5.68. The van der Waals surface area contributed by atoms with Crippen LogP contribution < -0.4 is 10.1 Å². The highest BCUT2D eigenvalue weighted by molar-refractivity contribution is 7.11. The van der Waals surface area contributed by atoms with Crippen molar-refractivity contribution >= 4 is 17.2 Å². The second kappa shape index (κ2) is 6.48. The Labute approximate surface area is 134 Å². The molecule has 1 aliphatic heterocycles. The van der Waals surface area contributed by atoms with E-state index < -0.39 is 0 Å². The van der Waals surface area contributed by atoms with Crippen LogP contribution in [0.3, 0.4) is 0 Å². The molecule has 0 fully saturated rings. The van der Waals surface area contributed by atoms with Crippen LogP contribution in [0.25, 0.3) is 0 Å².